The minimum Gasteiger partial charge on any atom is -0.357 e. The Morgan fingerprint density at radius 1 is 1.00 bits per heavy atom. The van der Waals surface area contributed by atoms with E-state index in [0.29, 0.717) is 34.5 Å². The normalized spacial score (nSPS) is 11.7. The van der Waals surface area contributed by atoms with E-state index < -0.39 is 9.84 Å². The van der Waals surface area contributed by atoms with E-state index in [1.807, 2.05) is 37.3 Å². The van der Waals surface area contributed by atoms with E-state index in [4.69, 9.17) is 23.2 Å². The zero-order chi connectivity index (χ0) is 20.6. The highest BCUT2D eigenvalue weighted by Gasteiger charge is 2.07. The van der Waals surface area contributed by atoms with Crippen molar-refractivity contribution in [2.24, 2.45) is 4.99 Å². The van der Waals surface area contributed by atoms with Crippen molar-refractivity contribution in [2.75, 3.05) is 25.9 Å². The van der Waals surface area contributed by atoms with Gasteiger partial charge in [0, 0.05) is 35.9 Å². The van der Waals surface area contributed by atoms with Gasteiger partial charge in [-0.15, -0.1) is 24.0 Å². The number of hydrogen-bond donors (Lipinski definition) is 2. The molecule has 9 heteroatoms. The van der Waals surface area contributed by atoms with Crippen LogP contribution in [0.2, 0.25) is 10.0 Å². The molecule has 29 heavy (non-hydrogen) atoms. The number of hydrogen-bond acceptors (Lipinski definition) is 3. The fourth-order valence-electron chi connectivity index (χ4n) is 2.62. The molecule has 160 valence electrons. The first-order valence-corrected chi connectivity index (χ1v) is 11.7. The minimum atomic E-state index is -3.16. The van der Waals surface area contributed by atoms with Crippen molar-refractivity contribution >= 4 is 63.0 Å². The summed E-state index contributed by atoms with van der Waals surface area (Å²) in [5.74, 6) is 0.721. The molecule has 0 aromatic heterocycles. The van der Waals surface area contributed by atoms with Crippen LogP contribution in [-0.2, 0) is 22.7 Å². The van der Waals surface area contributed by atoms with Gasteiger partial charge in [-0.3, -0.25) is 4.99 Å². The number of nitrogens with one attached hydrogen (secondary N) is 2. The van der Waals surface area contributed by atoms with Gasteiger partial charge in [-0.2, -0.15) is 0 Å². The van der Waals surface area contributed by atoms with Crippen molar-refractivity contribution in [3.63, 3.8) is 0 Å². The monoisotopic (exact) mass is 569 g/mol. The molecule has 0 atom stereocenters. The van der Waals surface area contributed by atoms with Crippen molar-refractivity contribution in [1.82, 2.24) is 10.6 Å². The average Bonchev–Trinajstić information content (AvgIpc) is 2.64. The van der Waals surface area contributed by atoms with Gasteiger partial charge in [-0.05, 0) is 55.2 Å². The van der Waals surface area contributed by atoms with Gasteiger partial charge < -0.3 is 10.6 Å². The van der Waals surface area contributed by atoms with Gasteiger partial charge in [0.05, 0.1) is 4.90 Å². The largest absolute Gasteiger partial charge is 0.357 e. The molecule has 0 aliphatic rings. The van der Waals surface area contributed by atoms with Crippen molar-refractivity contribution in [2.45, 2.75) is 24.7 Å². The Bertz CT molecular complexity index is 900. The van der Waals surface area contributed by atoms with Gasteiger partial charge in [-0.25, -0.2) is 8.42 Å². The molecule has 0 unspecified atom stereocenters. The average molecular weight is 570 g/mol. The van der Waals surface area contributed by atoms with Gasteiger partial charge in [0.1, 0.15) is 0 Å². The molecule has 2 rings (SSSR count). The first kappa shape index (κ1) is 26.0. The summed E-state index contributed by atoms with van der Waals surface area (Å²) in [6.07, 6.45) is 2.62. The second-order valence-corrected chi connectivity index (χ2v) is 9.13. The van der Waals surface area contributed by atoms with Gasteiger partial charge in [-0.1, -0.05) is 41.4 Å². The fourth-order valence-corrected chi connectivity index (χ4v) is 3.84. The van der Waals surface area contributed by atoms with Crippen LogP contribution >= 0.6 is 47.2 Å². The van der Waals surface area contributed by atoms with Crippen LogP contribution in [0.25, 0.3) is 0 Å². The molecule has 0 bridgehead atoms. The number of benzene rings is 2. The van der Waals surface area contributed by atoms with E-state index in [1.165, 1.54) is 6.26 Å². The summed E-state index contributed by atoms with van der Waals surface area (Å²) >= 11 is 12.4. The molecule has 0 aliphatic carbocycles. The van der Waals surface area contributed by atoms with E-state index in [0.717, 1.165) is 30.1 Å². The molecule has 0 spiro atoms. The number of nitrogens with zero attached hydrogens (tertiary/aromatic N) is 1. The molecule has 5 nitrogen and oxygen atoms in total. The molecular formula is C20H26Cl2IN3O2S. The molecule has 0 saturated heterocycles. The summed E-state index contributed by atoms with van der Waals surface area (Å²) in [5.41, 5.74) is 1.95. The summed E-state index contributed by atoms with van der Waals surface area (Å²) in [6.45, 7) is 3.99. The van der Waals surface area contributed by atoms with E-state index >= 15 is 0 Å². The molecule has 0 radical (unpaired) electrons. The first-order chi connectivity index (χ1) is 13.3. The van der Waals surface area contributed by atoms with Gasteiger partial charge in [0.15, 0.2) is 15.8 Å². The standard InChI is InChI=1S/C20H25Cl2N3O2S.HI/c1-3-23-20(25-14-12-17-18(21)5-4-6-19(17)22)24-13-11-15-7-9-16(10-8-15)28(2,26)27;/h4-10H,3,11-14H2,1-2H3,(H2,23,24,25);1H. The third-order valence-electron chi connectivity index (χ3n) is 4.10. The Kier molecular flexibility index (Phi) is 11.3. The number of halogens is 3. The second kappa shape index (κ2) is 12.6. The smallest absolute Gasteiger partial charge is 0.191 e. The number of sulfone groups is 1. The molecule has 0 amide bonds. The van der Waals surface area contributed by atoms with Crippen molar-refractivity contribution < 1.29 is 8.42 Å². The van der Waals surface area contributed by atoms with Crippen LogP contribution < -0.4 is 10.6 Å². The maximum absolute atomic E-state index is 11.5. The molecule has 0 aliphatic heterocycles. The maximum Gasteiger partial charge on any atom is 0.191 e. The topological polar surface area (TPSA) is 70.6 Å². The Labute approximate surface area is 200 Å². The third kappa shape index (κ3) is 8.70. The molecule has 2 aromatic carbocycles. The summed E-state index contributed by atoms with van der Waals surface area (Å²) in [7, 11) is -3.16. The number of guanidine groups is 1. The number of rotatable bonds is 8. The molecule has 0 saturated carbocycles. The molecule has 0 fully saturated rings. The second-order valence-electron chi connectivity index (χ2n) is 6.30. The predicted molar refractivity (Wildman–Crippen MR) is 133 cm³/mol. The lowest BCUT2D eigenvalue weighted by molar-refractivity contribution is 0.602. The van der Waals surface area contributed by atoms with Crippen molar-refractivity contribution in [3.8, 4) is 0 Å². The third-order valence-corrected chi connectivity index (χ3v) is 5.93. The Balaban J connectivity index is 0.00000420. The molecular weight excluding hydrogens is 544 g/mol. The van der Waals surface area contributed by atoms with Crippen LogP contribution in [0.4, 0.5) is 0 Å². The predicted octanol–water partition coefficient (Wildman–Crippen LogP) is 4.36. The Morgan fingerprint density at radius 3 is 2.17 bits per heavy atom. The lowest BCUT2D eigenvalue weighted by Gasteiger charge is -2.12. The summed E-state index contributed by atoms with van der Waals surface area (Å²) in [5, 5.41) is 7.79. The highest BCUT2D eigenvalue weighted by atomic mass is 127. The summed E-state index contributed by atoms with van der Waals surface area (Å²) in [4.78, 5) is 4.90. The van der Waals surface area contributed by atoms with E-state index in [-0.39, 0.29) is 24.0 Å². The van der Waals surface area contributed by atoms with Gasteiger partial charge in [0.25, 0.3) is 0 Å². The van der Waals surface area contributed by atoms with Crippen LogP contribution in [0.15, 0.2) is 52.4 Å². The molecule has 0 heterocycles. The molecule has 2 aromatic rings. The van der Waals surface area contributed by atoms with Crippen LogP contribution in [0, 0.1) is 0 Å². The van der Waals surface area contributed by atoms with Crippen LogP contribution in [0.3, 0.4) is 0 Å². The Hall–Kier alpha value is -1.03. The lowest BCUT2D eigenvalue weighted by Crippen LogP contribution is -2.38. The van der Waals surface area contributed by atoms with Gasteiger partial charge >= 0.3 is 0 Å². The van der Waals surface area contributed by atoms with E-state index in [1.54, 1.807) is 12.1 Å². The highest BCUT2D eigenvalue weighted by molar-refractivity contribution is 14.0. The van der Waals surface area contributed by atoms with Crippen molar-refractivity contribution in [1.29, 1.82) is 0 Å². The lowest BCUT2D eigenvalue weighted by atomic mass is 10.1. The van der Waals surface area contributed by atoms with Crippen molar-refractivity contribution in [3.05, 3.63) is 63.6 Å². The minimum absolute atomic E-state index is 0. The summed E-state index contributed by atoms with van der Waals surface area (Å²) < 4.78 is 23.0. The zero-order valence-corrected chi connectivity index (χ0v) is 21.1. The quantitative estimate of drug-likeness (QED) is 0.282. The van der Waals surface area contributed by atoms with Gasteiger partial charge in [0.2, 0.25) is 0 Å². The van der Waals surface area contributed by atoms with Crippen LogP contribution in [0.5, 0.6) is 0 Å². The van der Waals surface area contributed by atoms with Crippen LogP contribution in [-0.4, -0.2) is 40.3 Å². The Morgan fingerprint density at radius 2 is 1.62 bits per heavy atom. The number of aliphatic imine (C=N–C) groups is 1. The van der Waals surface area contributed by atoms with E-state index in [2.05, 4.69) is 15.6 Å². The molecule has 2 N–H and O–H groups in total. The zero-order valence-electron chi connectivity index (χ0n) is 16.4. The summed E-state index contributed by atoms with van der Waals surface area (Å²) in [6, 6.07) is 12.4. The highest BCUT2D eigenvalue weighted by Crippen LogP contribution is 2.24. The first-order valence-electron chi connectivity index (χ1n) is 9.05. The fraction of sp³-hybridized carbons (Fsp3) is 0.350. The van der Waals surface area contributed by atoms with E-state index in [9.17, 15) is 8.42 Å². The van der Waals surface area contributed by atoms with Crippen LogP contribution in [0.1, 0.15) is 18.1 Å². The SMILES string of the molecule is CCNC(=NCCc1c(Cl)cccc1Cl)NCCc1ccc(S(C)(=O)=O)cc1.I. The maximum atomic E-state index is 11.5.